The number of benzene rings is 2. The van der Waals surface area contributed by atoms with Crippen molar-refractivity contribution in [2.45, 2.75) is 6.54 Å². The molecule has 0 radical (unpaired) electrons. The Hall–Kier alpha value is -3.55. The minimum absolute atomic E-state index is 0.0898. The summed E-state index contributed by atoms with van der Waals surface area (Å²) >= 11 is 0. The van der Waals surface area contributed by atoms with Crippen LogP contribution in [0.5, 0.6) is 5.75 Å². The molecule has 0 saturated heterocycles. The number of aromatic nitrogens is 2. The van der Waals surface area contributed by atoms with Gasteiger partial charge in [-0.15, -0.1) is 0 Å². The van der Waals surface area contributed by atoms with Gasteiger partial charge in [-0.05, 0) is 35.9 Å². The molecule has 0 bridgehead atoms. The summed E-state index contributed by atoms with van der Waals surface area (Å²) in [5.41, 5.74) is 1.20. The molecule has 3 aromatic rings. The Morgan fingerprint density at radius 3 is 2.56 bits per heavy atom. The first-order valence-corrected chi connectivity index (χ1v) is 8.01. The topological polar surface area (TPSA) is 76.1 Å². The smallest absolute Gasteiger partial charge is 0.274 e. The molecule has 0 saturated carbocycles. The number of hydrogen-bond donors (Lipinski definition) is 2. The summed E-state index contributed by atoms with van der Waals surface area (Å²) in [6, 6.07) is 12.0. The minimum Gasteiger partial charge on any atom is -0.497 e. The van der Waals surface area contributed by atoms with Gasteiger partial charge in [-0.25, -0.2) is 18.7 Å². The van der Waals surface area contributed by atoms with Crippen molar-refractivity contribution in [3.8, 4) is 5.75 Å². The highest BCUT2D eigenvalue weighted by Crippen LogP contribution is 2.15. The van der Waals surface area contributed by atoms with Gasteiger partial charge in [0, 0.05) is 24.5 Å². The van der Waals surface area contributed by atoms with Crippen molar-refractivity contribution >= 4 is 17.5 Å². The van der Waals surface area contributed by atoms with Gasteiger partial charge in [0.05, 0.1) is 7.11 Å². The monoisotopic (exact) mass is 370 g/mol. The summed E-state index contributed by atoms with van der Waals surface area (Å²) in [6.07, 6.45) is 1.43. The van der Waals surface area contributed by atoms with E-state index in [0.29, 0.717) is 6.54 Å². The van der Waals surface area contributed by atoms with Gasteiger partial charge in [0.15, 0.2) is 11.6 Å². The first-order valence-electron chi connectivity index (χ1n) is 8.01. The number of ether oxygens (including phenoxy) is 1. The van der Waals surface area contributed by atoms with E-state index in [-0.39, 0.29) is 17.3 Å². The van der Waals surface area contributed by atoms with Gasteiger partial charge in [-0.1, -0.05) is 12.1 Å². The average Bonchev–Trinajstić information content (AvgIpc) is 2.70. The highest BCUT2D eigenvalue weighted by molar-refractivity contribution is 6.02. The molecule has 2 aromatic carbocycles. The van der Waals surface area contributed by atoms with Crippen molar-refractivity contribution in [1.29, 1.82) is 0 Å². The molecule has 0 spiro atoms. The van der Waals surface area contributed by atoms with E-state index in [1.165, 1.54) is 18.3 Å². The van der Waals surface area contributed by atoms with Crippen LogP contribution in [0.2, 0.25) is 0 Å². The first-order chi connectivity index (χ1) is 13.0. The number of carbonyl (C=O) groups excluding carboxylic acids is 1. The second-order valence-electron chi connectivity index (χ2n) is 5.55. The third-order valence-corrected chi connectivity index (χ3v) is 3.68. The lowest BCUT2D eigenvalue weighted by atomic mass is 10.2. The largest absolute Gasteiger partial charge is 0.497 e. The summed E-state index contributed by atoms with van der Waals surface area (Å²) < 4.78 is 31.3. The molecule has 138 valence electrons. The zero-order valence-corrected chi connectivity index (χ0v) is 14.4. The van der Waals surface area contributed by atoms with Crippen molar-refractivity contribution < 1.29 is 18.3 Å². The van der Waals surface area contributed by atoms with Crippen LogP contribution in [0.15, 0.2) is 54.7 Å². The van der Waals surface area contributed by atoms with Crippen LogP contribution < -0.4 is 15.4 Å². The molecule has 3 rings (SSSR count). The number of nitrogens with zero attached hydrogens (tertiary/aromatic N) is 2. The lowest BCUT2D eigenvalue weighted by Crippen LogP contribution is -2.15. The zero-order chi connectivity index (χ0) is 19.2. The van der Waals surface area contributed by atoms with Gasteiger partial charge in [-0.3, -0.25) is 4.79 Å². The normalized spacial score (nSPS) is 10.3. The van der Waals surface area contributed by atoms with E-state index in [1.807, 2.05) is 24.3 Å². The van der Waals surface area contributed by atoms with Gasteiger partial charge in [0.2, 0.25) is 5.95 Å². The van der Waals surface area contributed by atoms with Crippen LogP contribution >= 0.6 is 0 Å². The van der Waals surface area contributed by atoms with Crippen LogP contribution in [0.3, 0.4) is 0 Å². The van der Waals surface area contributed by atoms with E-state index >= 15 is 0 Å². The van der Waals surface area contributed by atoms with E-state index < -0.39 is 17.5 Å². The molecule has 0 aliphatic rings. The quantitative estimate of drug-likeness (QED) is 0.693. The van der Waals surface area contributed by atoms with Crippen molar-refractivity contribution in [3.05, 3.63) is 77.6 Å². The maximum absolute atomic E-state index is 13.2. The number of anilines is 2. The molecule has 2 N–H and O–H groups in total. The number of halogens is 2. The third kappa shape index (κ3) is 4.75. The Morgan fingerprint density at radius 2 is 1.85 bits per heavy atom. The molecule has 8 heteroatoms. The Morgan fingerprint density at radius 1 is 1.07 bits per heavy atom. The molecular weight excluding hydrogens is 354 g/mol. The number of methoxy groups -OCH3 is 1. The van der Waals surface area contributed by atoms with E-state index in [9.17, 15) is 13.6 Å². The van der Waals surface area contributed by atoms with Crippen molar-refractivity contribution in [1.82, 2.24) is 9.97 Å². The molecule has 27 heavy (non-hydrogen) atoms. The average molecular weight is 370 g/mol. The molecule has 6 nitrogen and oxygen atoms in total. The summed E-state index contributed by atoms with van der Waals surface area (Å²) in [7, 11) is 1.60. The summed E-state index contributed by atoms with van der Waals surface area (Å²) in [6.45, 7) is 0.457. The Kier molecular flexibility index (Phi) is 5.55. The molecule has 0 fully saturated rings. The van der Waals surface area contributed by atoms with Crippen molar-refractivity contribution in [2.75, 3.05) is 17.7 Å². The second kappa shape index (κ2) is 8.22. The lowest BCUT2D eigenvalue weighted by molar-refractivity contribution is 0.102. The van der Waals surface area contributed by atoms with E-state index in [0.717, 1.165) is 23.4 Å². The maximum atomic E-state index is 13.2. The van der Waals surface area contributed by atoms with Gasteiger partial charge < -0.3 is 15.4 Å². The van der Waals surface area contributed by atoms with Gasteiger partial charge in [-0.2, -0.15) is 0 Å². The van der Waals surface area contributed by atoms with E-state index in [1.54, 1.807) is 7.11 Å². The summed E-state index contributed by atoms with van der Waals surface area (Å²) in [5.74, 6) is -1.57. The molecule has 1 heterocycles. The molecule has 0 aliphatic carbocycles. The fraction of sp³-hybridized carbons (Fsp3) is 0.105. The minimum atomic E-state index is -1.04. The fourth-order valence-corrected chi connectivity index (χ4v) is 2.26. The Bertz CT molecular complexity index is 949. The van der Waals surface area contributed by atoms with Crippen LogP contribution in [-0.2, 0) is 6.54 Å². The highest BCUT2D eigenvalue weighted by atomic mass is 19.2. The predicted molar refractivity (Wildman–Crippen MR) is 96.7 cm³/mol. The standard InChI is InChI=1S/C19H16F2N4O2/c1-27-14-5-2-12(3-6-14)11-23-19-22-9-8-17(25-19)18(26)24-13-4-7-15(20)16(21)10-13/h2-10H,11H2,1H3,(H,24,26)(H,22,23,25). The van der Waals surface area contributed by atoms with Crippen LogP contribution in [0.25, 0.3) is 0 Å². The Labute approximate surface area is 154 Å². The number of amides is 1. The number of nitrogens with one attached hydrogen (secondary N) is 2. The van der Waals surface area contributed by atoms with Crippen molar-refractivity contribution in [3.63, 3.8) is 0 Å². The second-order valence-corrected chi connectivity index (χ2v) is 5.55. The fourth-order valence-electron chi connectivity index (χ4n) is 2.26. The van der Waals surface area contributed by atoms with Gasteiger partial charge in [0.25, 0.3) is 5.91 Å². The van der Waals surface area contributed by atoms with Crippen LogP contribution in [0.4, 0.5) is 20.4 Å². The highest BCUT2D eigenvalue weighted by Gasteiger charge is 2.11. The molecule has 1 amide bonds. The van der Waals surface area contributed by atoms with Crippen molar-refractivity contribution in [2.24, 2.45) is 0 Å². The molecule has 1 aromatic heterocycles. The van der Waals surface area contributed by atoms with Gasteiger partial charge in [0.1, 0.15) is 11.4 Å². The van der Waals surface area contributed by atoms with Crippen LogP contribution in [-0.4, -0.2) is 23.0 Å². The summed E-state index contributed by atoms with van der Waals surface area (Å²) in [4.78, 5) is 20.4. The molecular formula is C19H16F2N4O2. The zero-order valence-electron chi connectivity index (χ0n) is 14.4. The van der Waals surface area contributed by atoms with E-state index in [4.69, 9.17) is 4.74 Å². The Balaban J connectivity index is 1.65. The number of hydrogen-bond acceptors (Lipinski definition) is 5. The lowest BCUT2D eigenvalue weighted by Gasteiger charge is -2.08. The number of rotatable bonds is 6. The third-order valence-electron chi connectivity index (χ3n) is 3.68. The SMILES string of the molecule is COc1ccc(CNc2nccc(C(=O)Nc3ccc(F)c(F)c3)n2)cc1. The van der Waals surface area contributed by atoms with Gasteiger partial charge >= 0.3 is 0 Å². The molecule has 0 unspecified atom stereocenters. The van der Waals surface area contributed by atoms with E-state index in [2.05, 4.69) is 20.6 Å². The first kappa shape index (κ1) is 18.2. The number of carbonyl (C=O) groups is 1. The summed E-state index contributed by atoms with van der Waals surface area (Å²) in [5, 5.41) is 5.48. The molecule has 0 aliphatic heterocycles. The van der Waals surface area contributed by atoms with Crippen LogP contribution in [0, 0.1) is 11.6 Å². The maximum Gasteiger partial charge on any atom is 0.274 e. The van der Waals surface area contributed by atoms with Crippen LogP contribution in [0.1, 0.15) is 16.1 Å². The molecule has 0 atom stereocenters. The predicted octanol–water partition coefficient (Wildman–Crippen LogP) is 3.63.